The van der Waals surface area contributed by atoms with Crippen molar-refractivity contribution in [2.45, 2.75) is 26.6 Å². The molecule has 0 aliphatic carbocycles. The number of amides is 4. The molecule has 0 radical (unpaired) electrons. The molecule has 0 bridgehead atoms. The molecule has 1 N–H and O–H groups in total. The Kier molecular flexibility index (Phi) is 7.69. The molecular formula is C28H22ClF3N2O5. The van der Waals surface area contributed by atoms with Gasteiger partial charge >= 0.3 is 12.2 Å². The summed E-state index contributed by atoms with van der Waals surface area (Å²) in [7, 11) is 1.46. The Hall–Kier alpha value is -4.31. The summed E-state index contributed by atoms with van der Waals surface area (Å²) in [5.41, 5.74) is 1.21. The van der Waals surface area contributed by atoms with Gasteiger partial charge < -0.3 is 9.47 Å². The molecule has 1 fully saturated rings. The lowest BCUT2D eigenvalue weighted by Gasteiger charge is -2.27. The van der Waals surface area contributed by atoms with Crippen LogP contribution in [0.5, 0.6) is 11.5 Å². The Morgan fingerprint density at radius 3 is 2.38 bits per heavy atom. The summed E-state index contributed by atoms with van der Waals surface area (Å²) in [4.78, 5) is 38.9. The third kappa shape index (κ3) is 5.91. The number of rotatable bonds is 6. The zero-order chi connectivity index (χ0) is 28.5. The smallest absolute Gasteiger partial charge is 0.416 e. The van der Waals surface area contributed by atoms with Crippen molar-refractivity contribution in [3.63, 3.8) is 0 Å². The zero-order valence-corrected chi connectivity index (χ0v) is 21.7. The minimum atomic E-state index is -4.76. The highest BCUT2D eigenvalue weighted by Gasteiger charge is 2.39. The number of nitrogens with zero attached hydrogens (tertiary/aromatic N) is 1. The van der Waals surface area contributed by atoms with Gasteiger partial charge in [-0.2, -0.15) is 13.2 Å². The van der Waals surface area contributed by atoms with E-state index < -0.39 is 40.8 Å². The molecule has 0 saturated carbocycles. The number of hydrogen-bond acceptors (Lipinski definition) is 5. The van der Waals surface area contributed by atoms with Crippen molar-refractivity contribution >= 4 is 41.2 Å². The highest BCUT2D eigenvalue weighted by atomic mass is 35.5. The number of imide groups is 2. The third-order valence-corrected chi connectivity index (χ3v) is 6.42. The molecule has 1 heterocycles. The second-order valence-corrected chi connectivity index (χ2v) is 9.14. The summed E-state index contributed by atoms with van der Waals surface area (Å²) in [6.07, 6.45) is -3.57. The first kappa shape index (κ1) is 27.7. The van der Waals surface area contributed by atoms with Gasteiger partial charge in [-0.05, 0) is 66.9 Å². The largest absolute Gasteiger partial charge is 0.497 e. The average Bonchev–Trinajstić information content (AvgIpc) is 2.87. The van der Waals surface area contributed by atoms with Gasteiger partial charge in [-0.15, -0.1) is 0 Å². The SMILES string of the molecule is COc1ccc(/C=C2/C(=O)NC(=O)N(c3cc(C(F)(F)F)ccc3Cl)C2=O)c(OCc2ccc(C)c(C)c2)c1. The van der Waals surface area contributed by atoms with Crippen LogP contribution >= 0.6 is 11.6 Å². The Bertz CT molecular complexity index is 1520. The number of anilines is 1. The topological polar surface area (TPSA) is 84.9 Å². The number of carbonyl (C=O) groups excluding carboxylic acids is 3. The van der Waals surface area contributed by atoms with E-state index in [2.05, 4.69) is 0 Å². The fourth-order valence-corrected chi connectivity index (χ4v) is 4.03. The summed E-state index contributed by atoms with van der Waals surface area (Å²) in [5.74, 6) is -1.47. The van der Waals surface area contributed by atoms with Crippen LogP contribution in [0.4, 0.5) is 23.7 Å². The van der Waals surface area contributed by atoms with Crippen LogP contribution in [0.15, 0.2) is 60.2 Å². The van der Waals surface area contributed by atoms with Gasteiger partial charge in [0.15, 0.2) is 0 Å². The van der Waals surface area contributed by atoms with E-state index in [0.717, 1.165) is 28.8 Å². The van der Waals surface area contributed by atoms with Crippen LogP contribution in [-0.2, 0) is 22.4 Å². The quantitative estimate of drug-likeness (QED) is 0.286. The van der Waals surface area contributed by atoms with Crippen molar-refractivity contribution in [2.75, 3.05) is 12.0 Å². The molecule has 39 heavy (non-hydrogen) atoms. The summed E-state index contributed by atoms with van der Waals surface area (Å²) < 4.78 is 51.1. The molecule has 3 aromatic rings. The molecule has 1 aliphatic rings. The fourth-order valence-electron chi connectivity index (χ4n) is 3.83. The van der Waals surface area contributed by atoms with Gasteiger partial charge in [0.2, 0.25) is 0 Å². The van der Waals surface area contributed by atoms with Gasteiger partial charge in [0.1, 0.15) is 23.7 Å². The number of nitrogens with one attached hydrogen (secondary N) is 1. The van der Waals surface area contributed by atoms with Gasteiger partial charge in [-0.3, -0.25) is 14.9 Å². The first-order valence-corrected chi connectivity index (χ1v) is 11.9. The number of ether oxygens (including phenoxy) is 2. The number of barbiturate groups is 1. The zero-order valence-electron chi connectivity index (χ0n) is 21.0. The second-order valence-electron chi connectivity index (χ2n) is 8.73. The van der Waals surface area contributed by atoms with Gasteiger partial charge in [-0.25, -0.2) is 9.69 Å². The first-order chi connectivity index (χ1) is 18.4. The number of carbonyl (C=O) groups is 3. The molecule has 0 atom stereocenters. The molecular weight excluding hydrogens is 537 g/mol. The molecule has 7 nitrogen and oxygen atoms in total. The van der Waals surface area contributed by atoms with E-state index in [1.165, 1.54) is 13.2 Å². The van der Waals surface area contributed by atoms with E-state index in [1.54, 1.807) is 18.2 Å². The van der Waals surface area contributed by atoms with Crippen LogP contribution in [-0.4, -0.2) is 25.0 Å². The maximum absolute atomic E-state index is 13.3. The van der Waals surface area contributed by atoms with Crippen LogP contribution in [0.1, 0.15) is 27.8 Å². The van der Waals surface area contributed by atoms with Crippen molar-refractivity contribution in [2.24, 2.45) is 0 Å². The van der Waals surface area contributed by atoms with E-state index >= 15 is 0 Å². The minimum Gasteiger partial charge on any atom is -0.497 e. The number of urea groups is 1. The summed E-state index contributed by atoms with van der Waals surface area (Å²) in [6.45, 7) is 4.12. The number of hydrogen-bond donors (Lipinski definition) is 1. The molecule has 1 aliphatic heterocycles. The van der Waals surface area contributed by atoms with Gasteiger partial charge in [0.05, 0.1) is 23.4 Å². The Balaban J connectivity index is 1.72. The van der Waals surface area contributed by atoms with Crippen LogP contribution in [0.2, 0.25) is 5.02 Å². The van der Waals surface area contributed by atoms with E-state index in [9.17, 15) is 27.6 Å². The van der Waals surface area contributed by atoms with E-state index in [-0.39, 0.29) is 17.4 Å². The summed E-state index contributed by atoms with van der Waals surface area (Å²) >= 11 is 6.05. The monoisotopic (exact) mass is 558 g/mol. The van der Waals surface area contributed by atoms with Gasteiger partial charge in [0, 0.05) is 11.6 Å². The van der Waals surface area contributed by atoms with Crippen molar-refractivity contribution in [1.82, 2.24) is 5.32 Å². The Labute approximate surface area is 226 Å². The van der Waals surface area contributed by atoms with Crippen molar-refractivity contribution in [1.29, 1.82) is 0 Å². The summed E-state index contributed by atoms with van der Waals surface area (Å²) in [6, 6.07) is 11.5. The maximum atomic E-state index is 13.3. The highest BCUT2D eigenvalue weighted by molar-refractivity contribution is 6.42. The predicted octanol–water partition coefficient (Wildman–Crippen LogP) is 6.23. The number of aryl methyl sites for hydroxylation is 2. The highest BCUT2D eigenvalue weighted by Crippen LogP contribution is 2.37. The Morgan fingerprint density at radius 2 is 1.72 bits per heavy atom. The molecule has 0 spiro atoms. The number of halogens is 4. The molecule has 4 amide bonds. The lowest BCUT2D eigenvalue weighted by atomic mass is 10.0. The fraction of sp³-hybridized carbons (Fsp3) is 0.179. The molecule has 0 unspecified atom stereocenters. The summed E-state index contributed by atoms with van der Waals surface area (Å²) in [5, 5.41) is 1.69. The van der Waals surface area contributed by atoms with Crippen molar-refractivity contribution in [3.05, 3.63) is 93.0 Å². The number of benzene rings is 3. The standard InChI is InChI=1S/C28H22ClF3N2O5/c1-15-4-5-17(10-16(15)2)14-39-24-13-20(38-3)8-6-18(24)11-21-25(35)33-27(37)34(26(21)36)23-12-19(28(30,31)32)7-9-22(23)29/h4-13H,14H2,1-3H3,(H,33,35,37)/b21-11-. The predicted molar refractivity (Wildman–Crippen MR) is 139 cm³/mol. The van der Waals surface area contributed by atoms with Crippen molar-refractivity contribution < 1.29 is 37.0 Å². The third-order valence-electron chi connectivity index (χ3n) is 6.10. The van der Waals surface area contributed by atoms with Crippen LogP contribution < -0.4 is 19.7 Å². The molecule has 202 valence electrons. The van der Waals surface area contributed by atoms with Crippen LogP contribution in [0.25, 0.3) is 6.08 Å². The molecule has 1 saturated heterocycles. The van der Waals surface area contributed by atoms with Gasteiger partial charge in [-0.1, -0.05) is 29.8 Å². The van der Waals surface area contributed by atoms with Crippen LogP contribution in [0, 0.1) is 13.8 Å². The van der Waals surface area contributed by atoms with E-state index in [4.69, 9.17) is 21.1 Å². The Morgan fingerprint density at radius 1 is 0.974 bits per heavy atom. The molecule has 11 heteroatoms. The number of methoxy groups -OCH3 is 1. The van der Waals surface area contributed by atoms with E-state index in [0.29, 0.717) is 22.3 Å². The van der Waals surface area contributed by atoms with E-state index in [1.807, 2.05) is 37.4 Å². The first-order valence-electron chi connectivity index (χ1n) is 11.5. The number of alkyl halides is 3. The average molecular weight is 559 g/mol. The normalized spacial score (nSPS) is 15.0. The molecule has 4 rings (SSSR count). The maximum Gasteiger partial charge on any atom is 0.416 e. The lowest BCUT2D eigenvalue weighted by molar-refractivity contribution is -0.137. The van der Waals surface area contributed by atoms with Crippen LogP contribution in [0.3, 0.4) is 0 Å². The lowest BCUT2D eigenvalue weighted by Crippen LogP contribution is -2.54. The second kappa shape index (κ2) is 10.8. The minimum absolute atomic E-state index is 0.162. The van der Waals surface area contributed by atoms with Crippen molar-refractivity contribution in [3.8, 4) is 11.5 Å². The molecule has 0 aromatic heterocycles. The molecule has 3 aromatic carbocycles. The van der Waals surface area contributed by atoms with Gasteiger partial charge in [0.25, 0.3) is 11.8 Å².